The van der Waals surface area contributed by atoms with E-state index in [-0.39, 0.29) is 35.8 Å². The Balaban J connectivity index is 1.65. The van der Waals surface area contributed by atoms with Gasteiger partial charge in [-0.2, -0.15) is 0 Å². The summed E-state index contributed by atoms with van der Waals surface area (Å²) in [7, 11) is -3.02. The van der Waals surface area contributed by atoms with E-state index < -0.39 is 9.84 Å². The molecule has 0 bridgehead atoms. The Kier molecular flexibility index (Phi) is 4.15. The lowest BCUT2D eigenvalue weighted by Crippen LogP contribution is -2.42. The van der Waals surface area contributed by atoms with Crippen molar-refractivity contribution in [1.82, 2.24) is 5.32 Å². The number of rotatable bonds is 3. The van der Waals surface area contributed by atoms with E-state index in [1.165, 1.54) is 6.07 Å². The summed E-state index contributed by atoms with van der Waals surface area (Å²) in [5, 5.41) is 2.73. The molecule has 0 aromatic heterocycles. The molecule has 2 aliphatic heterocycles. The molecule has 0 spiro atoms. The van der Waals surface area contributed by atoms with Gasteiger partial charge in [0.1, 0.15) is 5.82 Å². The van der Waals surface area contributed by atoms with Crippen LogP contribution in [0.4, 0.5) is 10.1 Å². The summed E-state index contributed by atoms with van der Waals surface area (Å²) in [6.45, 7) is 0.626. The van der Waals surface area contributed by atoms with Crippen molar-refractivity contribution in [3.05, 3.63) is 28.0 Å². The van der Waals surface area contributed by atoms with Crippen molar-refractivity contribution in [2.75, 3.05) is 29.5 Å². The van der Waals surface area contributed by atoms with Gasteiger partial charge < -0.3 is 10.2 Å². The number of amides is 1. The average molecular weight is 391 g/mol. The fraction of sp³-hybridized carbons (Fsp3) is 0.500. The lowest BCUT2D eigenvalue weighted by molar-refractivity contribution is -0.120. The maximum absolute atomic E-state index is 14.1. The number of anilines is 1. The van der Waals surface area contributed by atoms with Gasteiger partial charge in [0, 0.05) is 17.1 Å². The van der Waals surface area contributed by atoms with Gasteiger partial charge >= 0.3 is 0 Å². The van der Waals surface area contributed by atoms with Crippen LogP contribution in [-0.2, 0) is 21.1 Å². The lowest BCUT2D eigenvalue weighted by atomic mass is 10.1. The summed E-state index contributed by atoms with van der Waals surface area (Å²) in [4.78, 5) is 13.8. The van der Waals surface area contributed by atoms with Gasteiger partial charge in [0.25, 0.3) is 0 Å². The molecule has 0 aliphatic carbocycles. The Morgan fingerprint density at radius 2 is 2.23 bits per heavy atom. The van der Waals surface area contributed by atoms with Gasteiger partial charge in [-0.25, -0.2) is 12.8 Å². The topological polar surface area (TPSA) is 66.5 Å². The molecule has 3 rings (SSSR count). The molecule has 1 fully saturated rings. The van der Waals surface area contributed by atoms with Crippen molar-refractivity contribution >= 4 is 37.4 Å². The molecule has 1 aromatic rings. The van der Waals surface area contributed by atoms with E-state index in [4.69, 9.17) is 0 Å². The van der Waals surface area contributed by atoms with Crippen LogP contribution in [0.3, 0.4) is 0 Å². The van der Waals surface area contributed by atoms with Crippen LogP contribution in [0.2, 0.25) is 0 Å². The van der Waals surface area contributed by atoms with E-state index in [0.717, 1.165) is 5.56 Å². The molecule has 8 heteroatoms. The van der Waals surface area contributed by atoms with Crippen molar-refractivity contribution in [2.45, 2.75) is 18.9 Å². The number of nitrogens with zero attached hydrogens (tertiary/aromatic N) is 1. The molecule has 1 N–H and O–H groups in total. The quantitative estimate of drug-likeness (QED) is 0.843. The summed E-state index contributed by atoms with van der Waals surface area (Å²) in [5.74, 6) is -0.501. The Hall–Kier alpha value is -1.15. The Labute approximate surface area is 136 Å². The van der Waals surface area contributed by atoms with Gasteiger partial charge in [0.2, 0.25) is 5.91 Å². The molecular formula is C14H16BrFN2O3S. The van der Waals surface area contributed by atoms with Crippen molar-refractivity contribution < 1.29 is 17.6 Å². The number of hydrogen-bond acceptors (Lipinski definition) is 4. The molecule has 22 heavy (non-hydrogen) atoms. The SMILES string of the molecule is O=C(CN1CCc2cc(Br)cc(F)c21)N[C@@H]1CCS(=O)(=O)C1. The minimum atomic E-state index is -3.02. The highest BCUT2D eigenvalue weighted by atomic mass is 79.9. The standard InChI is InChI=1S/C14H16BrFN2O3S/c15-10-5-9-1-3-18(14(9)12(16)6-10)7-13(19)17-11-2-4-22(20,21)8-11/h5-6,11H,1-4,7-8H2,(H,17,19)/t11-/m1/s1. The van der Waals surface area contributed by atoms with E-state index >= 15 is 0 Å². The summed E-state index contributed by atoms with van der Waals surface area (Å²) < 4.78 is 37.5. The molecule has 0 radical (unpaired) electrons. The monoisotopic (exact) mass is 390 g/mol. The molecule has 1 aromatic carbocycles. The zero-order chi connectivity index (χ0) is 15.9. The first-order chi connectivity index (χ1) is 10.3. The number of fused-ring (bicyclic) bond motifs is 1. The normalized spacial score (nSPS) is 22.6. The highest BCUT2D eigenvalue weighted by Gasteiger charge is 2.30. The highest BCUT2D eigenvalue weighted by Crippen LogP contribution is 2.33. The molecular weight excluding hydrogens is 375 g/mol. The number of carbonyl (C=O) groups is 1. The summed E-state index contributed by atoms with van der Waals surface area (Å²) in [6.07, 6.45) is 1.14. The summed E-state index contributed by atoms with van der Waals surface area (Å²) in [6, 6.07) is 2.92. The van der Waals surface area contributed by atoms with E-state index in [1.54, 1.807) is 4.90 Å². The van der Waals surface area contributed by atoms with Crippen molar-refractivity contribution in [1.29, 1.82) is 0 Å². The number of sulfone groups is 1. The highest BCUT2D eigenvalue weighted by molar-refractivity contribution is 9.10. The van der Waals surface area contributed by atoms with Gasteiger partial charge in [0.05, 0.1) is 23.7 Å². The molecule has 0 saturated carbocycles. The van der Waals surface area contributed by atoms with E-state index in [0.29, 0.717) is 29.5 Å². The minimum absolute atomic E-state index is 0.00334. The van der Waals surface area contributed by atoms with Gasteiger partial charge in [-0.1, -0.05) is 15.9 Å². The van der Waals surface area contributed by atoms with Gasteiger partial charge in [-0.05, 0) is 30.5 Å². The second-order valence-electron chi connectivity index (χ2n) is 5.73. The molecule has 1 atom stereocenters. The fourth-order valence-electron chi connectivity index (χ4n) is 3.04. The first kappa shape index (κ1) is 15.7. The number of nitrogens with one attached hydrogen (secondary N) is 1. The van der Waals surface area contributed by atoms with Crippen LogP contribution in [0.15, 0.2) is 16.6 Å². The lowest BCUT2D eigenvalue weighted by Gasteiger charge is -2.20. The summed E-state index contributed by atoms with van der Waals surface area (Å²) in [5.41, 5.74) is 1.35. The van der Waals surface area contributed by atoms with Crippen LogP contribution >= 0.6 is 15.9 Å². The summed E-state index contributed by atoms with van der Waals surface area (Å²) >= 11 is 3.26. The van der Waals surface area contributed by atoms with Crippen molar-refractivity contribution in [2.24, 2.45) is 0 Å². The zero-order valence-corrected chi connectivity index (χ0v) is 14.2. The van der Waals surface area contributed by atoms with Crippen molar-refractivity contribution in [3.8, 4) is 0 Å². The molecule has 2 heterocycles. The third kappa shape index (κ3) is 3.27. The number of benzene rings is 1. The predicted molar refractivity (Wildman–Crippen MR) is 85.2 cm³/mol. The second kappa shape index (κ2) is 5.81. The first-order valence-corrected chi connectivity index (χ1v) is 9.68. The van der Waals surface area contributed by atoms with Gasteiger partial charge in [-0.15, -0.1) is 0 Å². The average Bonchev–Trinajstić information content (AvgIpc) is 2.93. The Morgan fingerprint density at radius 3 is 2.91 bits per heavy atom. The van der Waals surface area contributed by atoms with Crippen LogP contribution in [-0.4, -0.2) is 45.0 Å². The second-order valence-corrected chi connectivity index (χ2v) is 8.88. The predicted octanol–water partition coefficient (Wildman–Crippen LogP) is 1.25. The number of carbonyl (C=O) groups excluding carboxylic acids is 1. The van der Waals surface area contributed by atoms with Gasteiger partial charge in [0.15, 0.2) is 9.84 Å². The molecule has 0 unspecified atom stereocenters. The molecule has 2 aliphatic rings. The van der Waals surface area contributed by atoms with E-state index in [9.17, 15) is 17.6 Å². The number of halogens is 2. The third-order valence-electron chi connectivity index (χ3n) is 4.01. The first-order valence-electron chi connectivity index (χ1n) is 7.07. The largest absolute Gasteiger partial charge is 0.359 e. The third-order valence-corrected chi connectivity index (χ3v) is 6.23. The van der Waals surface area contributed by atoms with Gasteiger partial charge in [-0.3, -0.25) is 4.79 Å². The van der Waals surface area contributed by atoms with Crippen LogP contribution in [0.1, 0.15) is 12.0 Å². The maximum Gasteiger partial charge on any atom is 0.239 e. The number of hydrogen-bond donors (Lipinski definition) is 1. The molecule has 120 valence electrons. The molecule has 5 nitrogen and oxygen atoms in total. The van der Waals surface area contributed by atoms with E-state index in [2.05, 4.69) is 21.2 Å². The Morgan fingerprint density at radius 1 is 1.45 bits per heavy atom. The van der Waals surface area contributed by atoms with Crippen LogP contribution in [0.25, 0.3) is 0 Å². The zero-order valence-electron chi connectivity index (χ0n) is 11.8. The van der Waals surface area contributed by atoms with Crippen molar-refractivity contribution in [3.63, 3.8) is 0 Å². The molecule has 1 saturated heterocycles. The fourth-order valence-corrected chi connectivity index (χ4v) is 5.20. The van der Waals surface area contributed by atoms with Crippen LogP contribution in [0, 0.1) is 5.82 Å². The maximum atomic E-state index is 14.1. The van der Waals surface area contributed by atoms with E-state index in [1.807, 2.05) is 6.07 Å². The Bertz CT molecular complexity index is 723. The smallest absolute Gasteiger partial charge is 0.239 e. The van der Waals surface area contributed by atoms with Crippen LogP contribution < -0.4 is 10.2 Å². The van der Waals surface area contributed by atoms with Crippen LogP contribution in [0.5, 0.6) is 0 Å². The minimum Gasteiger partial charge on any atom is -0.359 e. The molecule has 1 amide bonds.